The van der Waals surface area contributed by atoms with E-state index in [1.54, 1.807) is 0 Å². The number of nitrogens with one attached hydrogen (secondary N) is 1. The largest absolute Gasteiger partial charge is 0.508 e. The van der Waals surface area contributed by atoms with Gasteiger partial charge in [-0.1, -0.05) is 0 Å². The van der Waals surface area contributed by atoms with Gasteiger partial charge >= 0.3 is 0 Å². The summed E-state index contributed by atoms with van der Waals surface area (Å²) in [5.74, 6) is -1.92. The van der Waals surface area contributed by atoms with Crippen molar-refractivity contribution < 1.29 is 28.0 Å². The van der Waals surface area contributed by atoms with E-state index < -0.39 is 21.8 Å². The molecule has 0 bridgehead atoms. The van der Waals surface area contributed by atoms with Gasteiger partial charge in [-0.05, 0) is 18.2 Å². The van der Waals surface area contributed by atoms with Gasteiger partial charge in [-0.15, -0.1) is 0 Å². The zero-order valence-corrected chi connectivity index (χ0v) is 9.44. The molecule has 0 aliphatic carbocycles. The Labute approximate surface area is 97.5 Å². The molecule has 0 atom stereocenters. The molecule has 0 fully saturated rings. The van der Waals surface area contributed by atoms with Crippen LogP contribution in [0.3, 0.4) is 0 Å². The Morgan fingerprint density at radius 1 is 1.29 bits per heavy atom. The number of carbonyl (C=O) groups excluding carboxylic acids is 1. The van der Waals surface area contributed by atoms with E-state index in [0.29, 0.717) is 0 Å². The molecule has 17 heavy (non-hydrogen) atoms. The van der Waals surface area contributed by atoms with Crippen molar-refractivity contribution in [3.8, 4) is 11.5 Å². The first-order chi connectivity index (χ1) is 7.79. The summed E-state index contributed by atoms with van der Waals surface area (Å²) in [6.07, 6.45) is 0. The monoisotopic (exact) mass is 261 g/mol. The fourth-order valence-electron chi connectivity index (χ4n) is 1.09. The van der Waals surface area contributed by atoms with Gasteiger partial charge in [0.1, 0.15) is 11.5 Å². The average Bonchev–Trinajstić information content (AvgIpc) is 2.19. The summed E-state index contributed by atoms with van der Waals surface area (Å²) in [4.78, 5) is 11.4. The van der Waals surface area contributed by atoms with Gasteiger partial charge in [-0.2, -0.15) is 8.42 Å². The van der Waals surface area contributed by atoms with Crippen LogP contribution in [-0.4, -0.2) is 41.4 Å². The van der Waals surface area contributed by atoms with Crippen LogP contribution in [0.15, 0.2) is 18.2 Å². The van der Waals surface area contributed by atoms with Gasteiger partial charge in [-0.25, -0.2) is 0 Å². The number of rotatable bonds is 4. The van der Waals surface area contributed by atoms with E-state index in [1.807, 2.05) is 0 Å². The van der Waals surface area contributed by atoms with Gasteiger partial charge in [0, 0.05) is 6.54 Å². The minimum Gasteiger partial charge on any atom is -0.508 e. The van der Waals surface area contributed by atoms with Crippen LogP contribution in [0.1, 0.15) is 10.4 Å². The molecule has 94 valence electrons. The van der Waals surface area contributed by atoms with Crippen molar-refractivity contribution in [2.45, 2.75) is 0 Å². The number of carbonyl (C=O) groups is 1. The number of aromatic hydroxyl groups is 2. The molecule has 1 rings (SSSR count). The smallest absolute Gasteiger partial charge is 0.266 e. The van der Waals surface area contributed by atoms with E-state index in [1.165, 1.54) is 6.07 Å². The SMILES string of the molecule is O=C(NCCS(=O)(=O)O)c1cc(O)ccc1O. The second-order valence-electron chi connectivity index (χ2n) is 3.24. The van der Waals surface area contributed by atoms with Crippen LogP contribution in [0.2, 0.25) is 0 Å². The lowest BCUT2D eigenvalue weighted by atomic mass is 10.2. The zero-order valence-electron chi connectivity index (χ0n) is 8.62. The highest BCUT2D eigenvalue weighted by atomic mass is 32.2. The topological polar surface area (TPSA) is 124 Å². The molecular formula is C9H11NO6S. The second kappa shape index (κ2) is 5.02. The number of phenolic OH excluding ortho intramolecular Hbond substituents is 2. The minimum atomic E-state index is -4.15. The van der Waals surface area contributed by atoms with E-state index in [0.717, 1.165) is 12.1 Å². The lowest BCUT2D eigenvalue weighted by Gasteiger charge is -2.06. The van der Waals surface area contributed by atoms with Crippen LogP contribution < -0.4 is 5.32 Å². The van der Waals surface area contributed by atoms with E-state index in [9.17, 15) is 18.3 Å². The Bertz CT molecular complexity index is 524. The second-order valence-corrected chi connectivity index (χ2v) is 4.82. The van der Waals surface area contributed by atoms with E-state index in [2.05, 4.69) is 5.32 Å². The van der Waals surface area contributed by atoms with Crippen molar-refractivity contribution in [1.29, 1.82) is 0 Å². The Balaban J connectivity index is 2.67. The molecule has 0 spiro atoms. The number of amides is 1. The van der Waals surface area contributed by atoms with Crippen LogP contribution >= 0.6 is 0 Å². The summed E-state index contributed by atoms with van der Waals surface area (Å²) < 4.78 is 29.2. The standard InChI is InChI=1S/C9H11NO6S/c11-6-1-2-8(12)7(5-6)9(13)10-3-4-17(14,15)16/h1-2,5,11-12H,3-4H2,(H,10,13)(H,14,15,16). The number of benzene rings is 1. The molecule has 8 heteroatoms. The fourth-order valence-corrected chi connectivity index (χ4v) is 1.45. The van der Waals surface area contributed by atoms with Crippen LogP contribution in [0.25, 0.3) is 0 Å². The Hall–Kier alpha value is -1.80. The molecule has 0 saturated heterocycles. The minimum absolute atomic E-state index is 0.180. The van der Waals surface area contributed by atoms with Gasteiger partial charge in [0.05, 0.1) is 11.3 Å². The zero-order chi connectivity index (χ0) is 13.1. The van der Waals surface area contributed by atoms with Gasteiger partial charge in [-0.3, -0.25) is 9.35 Å². The van der Waals surface area contributed by atoms with Crippen molar-refractivity contribution in [2.75, 3.05) is 12.3 Å². The van der Waals surface area contributed by atoms with Crippen molar-refractivity contribution in [3.63, 3.8) is 0 Å². The van der Waals surface area contributed by atoms with Crippen LogP contribution in [0.4, 0.5) is 0 Å². The number of phenols is 2. The molecule has 1 aromatic rings. The molecule has 0 heterocycles. The number of hydrogen-bond donors (Lipinski definition) is 4. The predicted molar refractivity (Wildman–Crippen MR) is 58.5 cm³/mol. The molecule has 1 amide bonds. The quantitative estimate of drug-likeness (QED) is 0.436. The van der Waals surface area contributed by atoms with Gasteiger partial charge in [0.25, 0.3) is 16.0 Å². The van der Waals surface area contributed by atoms with Gasteiger partial charge in [0.15, 0.2) is 0 Å². The summed E-state index contributed by atoms with van der Waals surface area (Å²) in [5.41, 5.74) is -0.180. The highest BCUT2D eigenvalue weighted by Gasteiger charge is 2.12. The van der Waals surface area contributed by atoms with E-state index in [-0.39, 0.29) is 23.6 Å². The molecule has 0 saturated carbocycles. The molecule has 0 unspecified atom stereocenters. The molecule has 0 radical (unpaired) electrons. The molecule has 0 aliphatic heterocycles. The van der Waals surface area contributed by atoms with Crippen LogP contribution in [0.5, 0.6) is 11.5 Å². The highest BCUT2D eigenvalue weighted by Crippen LogP contribution is 2.21. The first kappa shape index (κ1) is 13.3. The fraction of sp³-hybridized carbons (Fsp3) is 0.222. The highest BCUT2D eigenvalue weighted by molar-refractivity contribution is 7.85. The summed E-state index contributed by atoms with van der Waals surface area (Å²) >= 11 is 0. The molecule has 4 N–H and O–H groups in total. The average molecular weight is 261 g/mol. The first-order valence-electron chi connectivity index (χ1n) is 4.55. The maximum atomic E-state index is 11.4. The van der Waals surface area contributed by atoms with Gasteiger partial charge < -0.3 is 15.5 Å². The third kappa shape index (κ3) is 4.29. The van der Waals surface area contributed by atoms with Crippen molar-refractivity contribution in [1.82, 2.24) is 5.32 Å². The Morgan fingerprint density at radius 3 is 2.53 bits per heavy atom. The van der Waals surface area contributed by atoms with E-state index >= 15 is 0 Å². The lowest BCUT2D eigenvalue weighted by Crippen LogP contribution is -2.28. The Kier molecular flexibility index (Phi) is 3.92. The number of hydrogen-bond acceptors (Lipinski definition) is 5. The predicted octanol–water partition coefficient (Wildman–Crippen LogP) is -0.285. The molecule has 0 aliphatic rings. The maximum Gasteiger partial charge on any atom is 0.266 e. The van der Waals surface area contributed by atoms with Crippen molar-refractivity contribution >= 4 is 16.0 Å². The van der Waals surface area contributed by atoms with Crippen molar-refractivity contribution in [2.24, 2.45) is 0 Å². The first-order valence-corrected chi connectivity index (χ1v) is 6.16. The van der Waals surface area contributed by atoms with Crippen LogP contribution in [0, 0.1) is 0 Å². The summed E-state index contributed by atoms with van der Waals surface area (Å²) in [6, 6.07) is 3.37. The third-order valence-corrected chi connectivity index (χ3v) is 2.59. The maximum absolute atomic E-state index is 11.4. The summed E-state index contributed by atoms with van der Waals surface area (Å²) in [5, 5.41) is 20.6. The molecular weight excluding hydrogens is 250 g/mol. The van der Waals surface area contributed by atoms with Crippen molar-refractivity contribution in [3.05, 3.63) is 23.8 Å². The summed E-state index contributed by atoms with van der Waals surface area (Å²) in [6.45, 7) is -0.299. The third-order valence-electron chi connectivity index (χ3n) is 1.87. The lowest BCUT2D eigenvalue weighted by molar-refractivity contribution is 0.0953. The molecule has 1 aromatic carbocycles. The van der Waals surface area contributed by atoms with E-state index in [4.69, 9.17) is 9.66 Å². The van der Waals surface area contributed by atoms with Gasteiger partial charge in [0.2, 0.25) is 0 Å². The summed E-state index contributed by atoms with van der Waals surface area (Å²) in [7, 11) is -4.15. The molecule has 7 nitrogen and oxygen atoms in total. The Morgan fingerprint density at radius 2 is 1.94 bits per heavy atom. The normalized spacial score (nSPS) is 11.1. The van der Waals surface area contributed by atoms with Crippen LogP contribution in [-0.2, 0) is 10.1 Å². The molecule has 0 aromatic heterocycles.